The van der Waals surface area contributed by atoms with Gasteiger partial charge in [0.05, 0.1) is 6.04 Å². The van der Waals surface area contributed by atoms with E-state index in [2.05, 4.69) is 27.7 Å². The standard InChI is InChI=1S/C23H22FN3O2S/c1-15-8-9-17(13-18(15)24)26-23(29)22(28)25-14-20(21-7-4-12-30-21)27-11-10-16-5-2-3-6-19(16)27/h2-9,12-13,20H,10-11,14H2,1H3,(H,25,28)(H,26,29). The smallest absolute Gasteiger partial charge is 0.313 e. The fourth-order valence-corrected chi connectivity index (χ4v) is 4.50. The van der Waals surface area contributed by atoms with Crippen LogP contribution in [-0.2, 0) is 16.0 Å². The third-order valence-electron chi connectivity index (χ3n) is 5.26. The largest absolute Gasteiger partial charge is 0.361 e. The van der Waals surface area contributed by atoms with Crippen LogP contribution in [0.5, 0.6) is 0 Å². The predicted molar refractivity (Wildman–Crippen MR) is 117 cm³/mol. The Hall–Kier alpha value is -3.19. The zero-order chi connectivity index (χ0) is 21.1. The van der Waals surface area contributed by atoms with E-state index in [0.717, 1.165) is 23.5 Å². The monoisotopic (exact) mass is 423 g/mol. The zero-order valence-corrected chi connectivity index (χ0v) is 17.3. The lowest BCUT2D eigenvalue weighted by atomic mass is 10.1. The molecule has 30 heavy (non-hydrogen) atoms. The number of hydrogen-bond donors (Lipinski definition) is 2. The lowest BCUT2D eigenvalue weighted by molar-refractivity contribution is -0.136. The van der Waals surface area contributed by atoms with E-state index in [4.69, 9.17) is 0 Å². The minimum atomic E-state index is -0.815. The Morgan fingerprint density at radius 2 is 1.97 bits per heavy atom. The van der Waals surface area contributed by atoms with Crippen molar-refractivity contribution in [2.45, 2.75) is 19.4 Å². The van der Waals surface area contributed by atoms with Crippen LogP contribution in [0.2, 0.25) is 0 Å². The van der Waals surface area contributed by atoms with Crippen LogP contribution in [0.25, 0.3) is 0 Å². The maximum atomic E-state index is 13.7. The number of hydrogen-bond acceptors (Lipinski definition) is 4. The summed E-state index contributed by atoms with van der Waals surface area (Å²) in [5.41, 5.74) is 3.16. The van der Waals surface area contributed by atoms with Gasteiger partial charge in [0, 0.05) is 29.3 Å². The molecule has 2 N–H and O–H groups in total. The van der Waals surface area contributed by atoms with Crippen molar-refractivity contribution >= 4 is 34.5 Å². The van der Waals surface area contributed by atoms with Crippen molar-refractivity contribution in [2.75, 3.05) is 23.3 Å². The summed E-state index contributed by atoms with van der Waals surface area (Å²) in [6.45, 7) is 2.78. The molecule has 0 aliphatic carbocycles. The number of anilines is 2. The molecule has 0 radical (unpaired) electrons. The van der Waals surface area contributed by atoms with Gasteiger partial charge in [-0.25, -0.2) is 4.39 Å². The molecule has 0 saturated heterocycles. The van der Waals surface area contributed by atoms with Gasteiger partial charge in [0.15, 0.2) is 0 Å². The highest BCUT2D eigenvalue weighted by molar-refractivity contribution is 7.10. The van der Waals surface area contributed by atoms with Gasteiger partial charge in [-0.1, -0.05) is 30.3 Å². The molecule has 5 nitrogen and oxygen atoms in total. The highest BCUT2D eigenvalue weighted by atomic mass is 32.1. The van der Waals surface area contributed by atoms with Gasteiger partial charge in [0.1, 0.15) is 5.82 Å². The summed E-state index contributed by atoms with van der Waals surface area (Å²) in [4.78, 5) is 28.1. The Balaban J connectivity index is 1.44. The molecule has 0 fully saturated rings. The van der Waals surface area contributed by atoms with Gasteiger partial charge in [-0.15, -0.1) is 11.3 Å². The molecule has 2 heterocycles. The van der Waals surface area contributed by atoms with Crippen molar-refractivity contribution in [3.8, 4) is 0 Å². The molecular formula is C23H22FN3O2S. The molecule has 1 aliphatic heterocycles. The molecular weight excluding hydrogens is 401 g/mol. The van der Waals surface area contributed by atoms with E-state index in [1.807, 2.05) is 29.6 Å². The number of carbonyl (C=O) groups is 2. The summed E-state index contributed by atoms with van der Waals surface area (Å²) in [6, 6.07) is 16.5. The quantitative estimate of drug-likeness (QED) is 0.609. The number of halogens is 1. The van der Waals surface area contributed by atoms with Gasteiger partial charge in [0.2, 0.25) is 0 Å². The Labute approximate surface area is 178 Å². The van der Waals surface area contributed by atoms with Crippen LogP contribution in [-0.4, -0.2) is 24.9 Å². The first-order valence-corrected chi connectivity index (χ1v) is 10.6. The molecule has 0 bridgehead atoms. The van der Waals surface area contributed by atoms with E-state index >= 15 is 0 Å². The third kappa shape index (κ3) is 4.21. The van der Waals surface area contributed by atoms with Gasteiger partial charge in [-0.3, -0.25) is 9.59 Å². The van der Waals surface area contributed by atoms with Gasteiger partial charge in [0.25, 0.3) is 0 Å². The summed E-state index contributed by atoms with van der Waals surface area (Å²) >= 11 is 1.62. The van der Waals surface area contributed by atoms with Crippen molar-refractivity contribution in [3.05, 3.63) is 81.8 Å². The van der Waals surface area contributed by atoms with Gasteiger partial charge in [-0.05, 0) is 54.1 Å². The molecule has 4 rings (SSSR count). The maximum absolute atomic E-state index is 13.7. The number of fused-ring (bicyclic) bond motifs is 1. The van der Waals surface area contributed by atoms with Crippen LogP contribution in [0.15, 0.2) is 60.0 Å². The first-order valence-electron chi connectivity index (χ1n) is 9.76. The summed E-state index contributed by atoms with van der Waals surface area (Å²) < 4.78 is 13.7. The van der Waals surface area contributed by atoms with Crippen LogP contribution in [0.3, 0.4) is 0 Å². The molecule has 1 unspecified atom stereocenters. The second-order valence-electron chi connectivity index (χ2n) is 7.23. The number of amides is 2. The summed E-state index contributed by atoms with van der Waals surface area (Å²) in [6.07, 6.45) is 0.950. The second kappa shape index (κ2) is 8.67. The molecule has 1 atom stereocenters. The summed E-state index contributed by atoms with van der Waals surface area (Å²) in [7, 11) is 0. The van der Waals surface area contributed by atoms with Crippen molar-refractivity contribution in [1.82, 2.24) is 5.32 Å². The Kier molecular flexibility index (Phi) is 5.81. The van der Waals surface area contributed by atoms with Crippen LogP contribution in [0, 0.1) is 12.7 Å². The second-order valence-corrected chi connectivity index (χ2v) is 8.21. The molecule has 1 aliphatic rings. The van der Waals surface area contributed by atoms with Crippen molar-refractivity contribution in [1.29, 1.82) is 0 Å². The topological polar surface area (TPSA) is 61.4 Å². The minimum absolute atomic E-state index is 0.0674. The summed E-state index contributed by atoms with van der Waals surface area (Å²) in [5.74, 6) is -1.99. The van der Waals surface area contributed by atoms with E-state index in [1.54, 1.807) is 30.4 Å². The lowest BCUT2D eigenvalue weighted by Crippen LogP contribution is -2.41. The van der Waals surface area contributed by atoms with E-state index in [0.29, 0.717) is 12.1 Å². The highest BCUT2D eigenvalue weighted by Gasteiger charge is 2.28. The lowest BCUT2D eigenvalue weighted by Gasteiger charge is -2.30. The van der Waals surface area contributed by atoms with E-state index in [9.17, 15) is 14.0 Å². The van der Waals surface area contributed by atoms with E-state index in [-0.39, 0.29) is 11.7 Å². The zero-order valence-electron chi connectivity index (χ0n) is 16.5. The fourth-order valence-electron chi connectivity index (χ4n) is 3.66. The van der Waals surface area contributed by atoms with Crippen molar-refractivity contribution in [2.24, 2.45) is 0 Å². The fraction of sp³-hybridized carbons (Fsp3) is 0.217. The van der Waals surface area contributed by atoms with Gasteiger partial charge in [-0.2, -0.15) is 0 Å². The number of aryl methyl sites for hydroxylation is 1. The molecule has 0 spiro atoms. The average molecular weight is 424 g/mol. The van der Waals surface area contributed by atoms with Crippen LogP contribution >= 0.6 is 11.3 Å². The maximum Gasteiger partial charge on any atom is 0.313 e. The minimum Gasteiger partial charge on any atom is -0.361 e. The Morgan fingerprint density at radius 3 is 2.73 bits per heavy atom. The van der Waals surface area contributed by atoms with Crippen LogP contribution < -0.4 is 15.5 Å². The molecule has 0 saturated carbocycles. The number of carbonyl (C=O) groups excluding carboxylic acids is 2. The molecule has 7 heteroatoms. The molecule has 2 aromatic carbocycles. The first kappa shape index (κ1) is 20.1. The number of benzene rings is 2. The van der Waals surface area contributed by atoms with Crippen molar-refractivity contribution in [3.63, 3.8) is 0 Å². The van der Waals surface area contributed by atoms with Crippen LogP contribution in [0.4, 0.5) is 15.8 Å². The average Bonchev–Trinajstić information content (AvgIpc) is 3.42. The normalized spacial score (nSPS) is 13.6. The number of nitrogens with one attached hydrogen (secondary N) is 2. The third-order valence-corrected chi connectivity index (χ3v) is 6.24. The predicted octanol–water partition coefficient (Wildman–Crippen LogP) is 4.05. The van der Waals surface area contributed by atoms with Crippen molar-refractivity contribution < 1.29 is 14.0 Å². The first-order chi connectivity index (χ1) is 14.5. The SMILES string of the molecule is Cc1ccc(NC(=O)C(=O)NCC(c2cccs2)N2CCc3ccccc32)cc1F. The Morgan fingerprint density at radius 1 is 1.13 bits per heavy atom. The highest BCUT2D eigenvalue weighted by Crippen LogP contribution is 2.36. The summed E-state index contributed by atoms with van der Waals surface area (Å²) in [5, 5.41) is 7.20. The molecule has 3 aromatic rings. The Bertz CT molecular complexity index is 1070. The van der Waals surface area contributed by atoms with E-state index in [1.165, 1.54) is 11.6 Å². The number of thiophene rings is 1. The number of rotatable bonds is 5. The number of nitrogens with zero attached hydrogens (tertiary/aromatic N) is 1. The molecule has 154 valence electrons. The van der Waals surface area contributed by atoms with Gasteiger partial charge >= 0.3 is 11.8 Å². The van der Waals surface area contributed by atoms with E-state index < -0.39 is 17.6 Å². The van der Waals surface area contributed by atoms with Crippen LogP contribution in [0.1, 0.15) is 22.0 Å². The number of para-hydroxylation sites is 1. The molecule has 2 amide bonds. The molecule has 1 aromatic heterocycles. The van der Waals surface area contributed by atoms with Gasteiger partial charge < -0.3 is 15.5 Å².